The molecule has 0 aromatic carbocycles. The molecule has 0 radical (unpaired) electrons. The number of ether oxygens (including phenoxy) is 1. The maximum Gasteiger partial charge on any atom is 0.320 e. The number of fused-ring (bicyclic) bond motifs is 1. The summed E-state index contributed by atoms with van der Waals surface area (Å²) in [6, 6.07) is 0. The van der Waals surface area contributed by atoms with Gasteiger partial charge in [-0.3, -0.25) is 9.59 Å². The summed E-state index contributed by atoms with van der Waals surface area (Å²) in [5.74, 6) is -0.884. The average Bonchev–Trinajstić information content (AvgIpc) is 2.24. The highest BCUT2D eigenvalue weighted by molar-refractivity contribution is 5.99. The van der Waals surface area contributed by atoms with Crippen LogP contribution in [-0.2, 0) is 14.3 Å². The smallest absolute Gasteiger partial charge is 0.320 e. The number of carbonyl (C=O) groups excluding carboxylic acids is 2. The second-order valence-corrected chi connectivity index (χ2v) is 4.10. The van der Waals surface area contributed by atoms with Crippen molar-refractivity contribution in [2.24, 2.45) is 17.3 Å². The Morgan fingerprint density at radius 2 is 2.23 bits per heavy atom. The Bertz CT molecular complexity index is 305. The molecule has 0 spiro atoms. The first kappa shape index (κ1) is 8.48. The van der Waals surface area contributed by atoms with Crippen LogP contribution in [0.2, 0.25) is 0 Å². The SMILES string of the molecule is CC1C=CCC2(C)C(=O)OC(=O)C12. The molecule has 2 rings (SSSR count). The van der Waals surface area contributed by atoms with E-state index in [1.807, 2.05) is 26.0 Å². The molecule has 3 atom stereocenters. The molecule has 0 bridgehead atoms. The van der Waals surface area contributed by atoms with E-state index in [2.05, 4.69) is 4.74 Å². The van der Waals surface area contributed by atoms with Crippen molar-refractivity contribution in [1.29, 1.82) is 0 Å². The third kappa shape index (κ3) is 0.961. The van der Waals surface area contributed by atoms with Gasteiger partial charge in [0, 0.05) is 0 Å². The summed E-state index contributed by atoms with van der Waals surface area (Å²) in [6.07, 6.45) is 4.56. The van der Waals surface area contributed by atoms with Gasteiger partial charge in [0.05, 0.1) is 11.3 Å². The number of cyclic esters (lactones) is 2. The van der Waals surface area contributed by atoms with Gasteiger partial charge in [-0.1, -0.05) is 19.1 Å². The fourth-order valence-electron chi connectivity index (χ4n) is 2.30. The van der Waals surface area contributed by atoms with E-state index in [0.29, 0.717) is 6.42 Å². The van der Waals surface area contributed by atoms with Gasteiger partial charge in [0.15, 0.2) is 0 Å². The first-order valence-electron chi connectivity index (χ1n) is 4.48. The number of rotatable bonds is 0. The second-order valence-electron chi connectivity index (χ2n) is 4.10. The summed E-state index contributed by atoms with van der Waals surface area (Å²) in [7, 11) is 0. The molecule has 1 saturated heterocycles. The molecule has 1 aliphatic heterocycles. The van der Waals surface area contributed by atoms with Gasteiger partial charge in [-0.25, -0.2) is 0 Å². The standard InChI is InChI=1S/C10H12O3/c1-6-4-3-5-10(2)7(6)8(11)13-9(10)12/h3-4,6-7H,5H2,1-2H3. The van der Waals surface area contributed by atoms with Crippen molar-refractivity contribution >= 4 is 11.9 Å². The van der Waals surface area contributed by atoms with Crippen molar-refractivity contribution in [3.05, 3.63) is 12.2 Å². The average molecular weight is 180 g/mol. The zero-order valence-electron chi connectivity index (χ0n) is 7.74. The van der Waals surface area contributed by atoms with Gasteiger partial charge in [-0.05, 0) is 19.3 Å². The minimum absolute atomic E-state index is 0.109. The van der Waals surface area contributed by atoms with Gasteiger partial charge in [-0.2, -0.15) is 0 Å². The number of allylic oxidation sites excluding steroid dienone is 2. The van der Waals surface area contributed by atoms with E-state index in [1.165, 1.54) is 0 Å². The summed E-state index contributed by atoms with van der Waals surface area (Å²) >= 11 is 0. The van der Waals surface area contributed by atoms with Crippen molar-refractivity contribution in [2.75, 3.05) is 0 Å². The van der Waals surface area contributed by atoms with Crippen LogP contribution >= 0.6 is 0 Å². The lowest BCUT2D eigenvalue weighted by Gasteiger charge is -2.30. The minimum Gasteiger partial charge on any atom is -0.392 e. The van der Waals surface area contributed by atoms with Crippen LogP contribution in [0.15, 0.2) is 12.2 Å². The van der Waals surface area contributed by atoms with Crippen molar-refractivity contribution in [1.82, 2.24) is 0 Å². The molecule has 1 fully saturated rings. The highest BCUT2D eigenvalue weighted by Crippen LogP contribution is 2.46. The van der Waals surface area contributed by atoms with E-state index < -0.39 is 5.41 Å². The summed E-state index contributed by atoms with van der Waals surface area (Å²) < 4.78 is 4.66. The molecule has 3 nitrogen and oxygen atoms in total. The Balaban J connectivity index is 2.45. The molecule has 1 aliphatic carbocycles. The number of hydrogen-bond acceptors (Lipinski definition) is 3. The Labute approximate surface area is 76.8 Å². The van der Waals surface area contributed by atoms with Gasteiger partial charge in [0.1, 0.15) is 0 Å². The maximum absolute atomic E-state index is 11.4. The number of hydrogen-bond donors (Lipinski definition) is 0. The molecule has 70 valence electrons. The maximum atomic E-state index is 11.4. The van der Waals surface area contributed by atoms with E-state index in [4.69, 9.17) is 0 Å². The fraction of sp³-hybridized carbons (Fsp3) is 0.600. The molecular formula is C10H12O3. The Morgan fingerprint density at radius 1 is 1.54 bits per heavy atom. The highest BCUT2D eigenvalue weighted by Gasteiger charge is 2.56. The van der Waals surface area contributed by atoms with Gasteiger partial charge in [0.2, 0.25) is 0 Å². The fourth-order valence-corrected chi connectivity index (χ4v) is 2.30. The van der Waals surface area contributed by atoms with Crippen LogP contribution in [0.3, 0.4) is 0 Å². The zero-order valence-corrected chi connectivity index (χ0v) is 7.74. The Kier molecular flexibility index (Phi) is 1.59. The molecule has 3 unspecified atom stereocenters. The Hall–Kier alpha value is -1.12. The van der Waals surface area contributed by atoms with Crippen LogP contribution in [-0.4, -0.2) is 11.9 Å². The van der Waals surface area contributed by atoms with Crippen molar-refractivity contribution < 1.29 is 14.3 Å². The lowest BCUT2D eigenvalue weighted by atomic mass is 9.67. The zero-order chi connectivity index (χ0) is 9.64. The molecule has 0 aromatic heterocycles. The van der Waals surface area contributed by atoms with Crippen LogP contribution in [0.5, 0.6) is 0 Å². The lowest BCUT2D eigenvalue weighted by Crippen LogP contribution is -2.36. The van der Waals surface area contributed by atoms with Crippen LogP contribution in [0.25, 0.3) is 0 Å². The number of esters is 2. The molecular weight excluding hydrogens is 168 g/mol. The largest absolute Gasteiger partial charge is 0.392 e. The number of carbonyl (C=O) groups is 2. The van der Waals surface area contributed by atoms with Crippen LogP contribution < -0.4 is 0 Å². The minimum atomic E-state index is -0.606. The normalized spacial score (nSPS) is 43.2. The predicted molar refractivity (Wildman–Crippen MR) is 45.6 cm³/mol. The lowest BCUT2D eigenvalue weighted by molar-refractivity contribution is -0.155. The van der Waals surface area contributed by atoms with Crippen molar-refractivity contribution in [3.8, 4) is 0 Å². The molecule has 3 heteroatoms. The summed E-state index contributed by atoms with van der Waals surface area (Å²) in [6.45, 7) is 3.75. The van der Waals surface area contributed by atoms with Gasteiger partial charge < -0.3 is 4.74 Å². The highest BCUT2D eigenvalue weighted by atomic mass is 16.6. The molecule has 1 heterocycles. The summed E-state index contributed by atoms with van der Waals surface area (Å²) in [5.41, 5.74) is -0.606. The third-order valence-corrected chi connectivity index (χ3v) is 3.11. The molecule has 0 saturated carbocycles. The second kappa shape index (κ2) is 2.44. The van der Waals surface area contributed by atoms with Crippen molar-refractivity contribution in [3.63, 3.8) is 0 Å². The van der Waals surface area contributed by atoms with Crippen LogP contribution in [0, 0.1) is 17.3 Å². The molecule has 0 aromatic rings. The summed E-state index contributed by atoms with van der Waals surface area (Å²) in [5, 5.41) is 0. The van der Waals surface area contributed by atoms with Crippen LogP contribution in [0.1, 0.15) is 20.3 Å². The van der Waals surface area contributed by atoms with E-state index in [1.54, 1.807) is 0 Å². The van der Waals surface area contributed by atoms with Gasteiger partial charge in [-0.15, -0.1) is 0 Å². The molecule has 0 N–H and O–H groups in total. The van der Waals surface area contributed by atoms with Gasteiger partial charge >= 0.3 is 11.9 Å². The quantitative estimate of drug-likeness (QED) is 0.320. The monoisotopic (exact) mass is 180 g/mol. The molecule has 2 aliphatic rings. The third-order valence-electron chi connectivity index (χ3n) is 3.11. The van der Waals surface area contributed by atoms with E-state index >= 15 is 0 Å². The van der Waals surface area contributed by atoms with E-state index in [9.17, 15) is 9.59 Å². The van der Waals surface area contributed by atoms with Crippen LogP contribution in [0.4, 0.5) is 0 Å². The Morgan fingerprint density at radius 3 is 2.85 bits per heavy atom. The van der Waals surface area contributed by atoms with E-state index in [-0.39, 0.29) is 23.8 Å². The first-order chi connectivity index (χ1) is 6.05. The molecule has 13 heavy (non-hydrogen) atoms. The molecule has 0 amide bonds. The van der Waals surface area contributed by atoms with E-state index in [0.717, 1.165) is 0 Å². The summed E-state index contributed by atoms with van der Waals surface area (Å²) in [4.78, 5) is 22.8. The van der Waals surface area contributed by atoms with Gasteiger partial charge in [0.25, 0.3) is 0 Å². The predicted octanol–water partition coefficient (Wildman–Crippen LogP) is 1.29. The van der Waals surface area contributed by atoms with Crippen molar-refractivity contribution in [2.45, 2.75) is 20.3 Å². The first-order valence-corrected chi connectivity index (χ1v) is 4.48. The topological polar surface area (TPSA) is 43.4 Å².